The van der Waals surface area contributed by atoms with Gasteiger partial charge in [-0.15, -0.1) is 0 Å². The Kier molecular flexibility index (Phi) is 3.15. The van der Waals surface area contributed by atoms with E-state index < -0.39 is 0 Å². The molecule has 0 bridgehead atoms. The van der Waals surface area contributed by atoms with Crippen LogP contribution in [0.1, 0.15) is 13.8 Å². The molecule has 1 aliphatic rings. The summed E-state index contributed by atoms with van der Waals surface area (Å²) in [6.07, 6.45) is 4.42. The molecule has 0 radical (unpaired) electrons. The van der Waals surface area contributed by atoms with Gasteiger partial charge in [0.1, 0.15) is 6.29 Å². The van der Waals surface area contributed by atoms with Crippen molar-refractivity contribution in [2.45, 2.75) is 24.6 Å². The minimum Gasteiger partial charge on any atom is -0.335 e. The predicted octanol–water partition coefficient (Wildman–Crippen LogP) is 1.04. The number of hydrogen-bond acceptors (Lipinski definition) is 3. The summed E-state index contributed by atoms with van der Waals surface area (Å²) >= 11 is 3.62. The molecular weight excluding hydrogens is 218 g/mol. The Morgan fingerprint density at radius 1 is 1.67 bits per heavy atom. The fraction of sp³-hybridized carbons (Fsp3) is 0.750. The third-order valence-corrected chi connectivity index (χ3v) is 2.27. The molecule has 1 rings (SSSR count). The second-order valence-corrected chi connectivity index (χ2v) is 5.24. The summed E-state index contributed by atoms with van der Waals surface area (Å²) in [5.74, 6) is 0. The fourth-order valence-corrected chi connectivity index (χ4v) is 1.58. The van der Waals surface area contributed by atoms with E-state index in [9.17, 15) is 0 Å². The van der Waals surface area contributed by atoms with Crippen molar-refractivity contribution in [3.05, 3.63) is 12.3 Å². The largest absolute Gasteiger partial charge is 0.335 e. The van der Waals surface area contributed by atoms with Gasteiger partial charge < -0.3 is 4.90 Å². The van der Waals surface area contributed by atoms with Gasteiger partial charge in [0, 0.05) is 12.7 Å². The highest BCUT2D eigenvalue weighted by Crippen LogP contribution is 2.24. The first-order chi connectivity index (χ1) is 5.55. The molecule has 0 saturated carbocycles. The first kappa shape index (κ1) is 10.0. The minimum atomic E-state index is -0.0232. The Labute approximate surface area is 82.3 Å². The number of alkyl halides is 1. The van der Waals surface area contributed by atoms with Gasteiger partial charge in [-0.25, -0.2) is 0 Å². The smallest absolute Gasteiger partial charge is 0.135 e. The number of hydrogen-bond donors (Lipinski definition) is 2. The van der Waals surface area contributed by atoms with E-state index in [1.54, 1.807) is 0 Å². The van der Waals surface area contributed by atoms with E-state index in [1.807, 2.05) is 7.05 Å². The van der Waals surface area contributed by atoms with Crippen LogP contribution in [0.25, 0.3) is 0 Å². The maximum absolute atomic E-state index is 3.62. The zero-order valence-corrected chi connectivity index (χ0v) is 9.35. The maximum Gasteiger partial charge on any atom is 0.135 e. The van der Waals surface area contributed by atoms with Crippen molar-refractivity contribution < 1.29 is 0 Å². The first-order valence-corrected chi connectivity index (χ1v) is 4.89. The normalized spacial score (nSPS) is 24.7. The van der Waals surface area contributed by atoms with Crippen LogP contribution in [-0.4, -0.2) is 29.2 Å². The van der Waals surface area contributed by atoms with Crippen molar-refractivity contribution in [3.63, 3.8) is 0 Å². The molecule has 1 unspecified atom stereocenters. The van der Waals surface area contributed by atoms with Crippen LogP contribution in [0.4, 0.5) is 0 Å². The van der Waals surface area contributed by atoms with Crippen LogP contribution in [0.5, 0.6) is 0 Å². The molecule has 0 aromatic heterocycles. The van der Waals surface area contributed by atoms with Gasteiger partial charge >= 0.3 is 0 Å². The van der Waals surface area contributed by atoms with Gasteiger partial charge in [0.05, 0.1) is 4.45 Å². The van der Waals surface area contributed by atoms with E-state index in [4.69, 9.17) is 0 Å². The van der Waals surface area contributed by atoms with E-state index >= 15 is 0 Å². The van der Waals surface area contributed by atoms with Crippen molar-refractivity contribution in [2.24, 2.45) is 0 Å². The van der Waals surface area contributed by atoms with Crippen LogP contribution in [0, 0.1) is 0 Å². The van der Waals surface area contributed by atoms with Crippen molar-refractivity contribution in [1.29, 1.82) is 0 Å². The lowest BCUT2D eigenvalue weighted by Gasteiger charge is -2.41. The molecule has 0 amide bonds. The Hall–Kier alpha value is -0.0600. The van der Waals surface area contributed by atoms with Crippen molar-refractivity contribution in [2.75, 3.05) is 13.6 Å². The molecule has 3 nitrogen and oxygen atoms in total. The number of nitrogens with one attached hydrogen (secondary N) is 2. The van der Waals surface area contributed by atoms with Gasteiger partial charge in [-0.3, -0.25) is 10.6 Å². The Morgan fingerprint density at radius 2 is 2.33 bits per heavy atom. The Bertz CT molecular complexity index is 174. The number of nitrogens with zero attached hydrogens (tertiary/aromatic N) is 1. The van der Waals surface area contributed by atoms with Crippen LogP contribution in [0.15, 0.2) is 12.3 Å². The summed E-state index contributed by atoms with van der Waals surface area (Å²) in [4.78, 5) is 2.19. The van der Waals surface area contributed by atoms with Crippen molar-refractivity contribution >= 4 is 15.9 Å². The summed E-state index contributed by atoms with van der Waals surface area (Å²) in [6, 6.07) is 0. The molecule has 1 aliphatic heterocycles. The average Bonchev–Trinajstić information content (AvgIpc) is 2.03. The highest BCUT2D eigenvalue weighted by Gasteiger charge is 2.27. The van der Waals surface area contributed by atoms with Crippen LogP contribution in [0.2, 0.25) is 0 Å². The average molecular weight is 234 g/mol. The highest BCUT2D eigenvalue weighted by molar-refractivity contribution is 9.10. The zero-order valence-electron chi connectivity index (χ0n) is 7.76. The molecule has 0 aromatic rings. The zero-order chi connectivity index (χ0) is 9.19. The second-order valence-electron chi connectivity index (χ2n) is 3.30. The lowest BCUT2D eigenvalue weighted by atomic mass is 10.3. The molecule has 0 aromatic carbocycles. The summed E-state index contributed by atoms with van der Waals surface area (Å²) in [7, 11) is 1.95. The molecule has 0 spiro atoms. The van der Waals surface area contributed by atoms with Gasteiger partial charge in [-0.1, -0.05) is 22.0 Å². The van der Waals surface area contributed by atoms with E-state index in [2.05, 4.69) is 57.6 Å². The van der Waals surface area contributed by atoms with Crippen LogP contribution in [-0.2, 0) is 0 Å². The molecule has 2 N–H and O–H groups in total. The monoisotopic (exact) mass is 233 g/mol. The predicted molar refractivity (Wildman–Crippen MR) is 54.8 cm³/mol. The number of rotatable bonds is 2. The SMILES string of the molecule is CNC1NCC=CN1C(C)(C)Br. The van der Waals surface area contributed by atoms with Gasteiger partial charge in [-0.2, -0.15) is 0 Å². The molecule has 0 fully saturated rings. The number of halogens is 1. The molecule has 1 heterocycles. The van der Waals surface area contributed by atoms with Gasteiger partial charge in [0.2, 0.25) is 0 Å². The quantitative estimate of drug-likeness (QED) is 0.552. The molecule has 1 atom stereocenters. The second kappa shape index (κ2) is 3.77. The molecule has 12 heavy (non-hydrogen) atoms. The molecule has 4 heteroatoms. The van der Waals surface area contributed by atoms with Gasteiger partial charge in [0.15, 0.2) is 0 Å². The molecule has 0 aliphatic carbocycles. The Morgan fingerprint density at radius 3 is 2.75 bits per heavy atom. The molecule has 0 saturated heterocycles. The van der Waals surface area contributed by atoms with Crippen molar-refractivity contribution in [3.8, 4) is 0 Å². The maximum atomic E-state index is 3.62. The standard InChI is InChI=1S/C8H16BrN3/c1-8(2,9)12-6-4-5-11-7(12)10-3/h4,6-7,10-11H,5H2,1-3H3. The topological polar surface area (TPSA) is 27.3 Å². The summed E-state index contributed by atoms with van der Waals surface area (Å²) < 4.78 is -0.0232. The minimum absolute atomic E-state index is 0.0232. The lowest BCUT2D eigenvalue weighted by Crippen LogP contribution is -2.58. The van der Waals surface area contributed by atoms with E-state index in [0.29, 0.717) is 0 Å². The summed E-state index contributed by atoms with van der Waals surface area (Å²) in [6.45, 7) is 5.16. The van der Waals surface area contributed by atoms with E-state index in [0.717, 1.165) is 6.54 Å². The Balaban J connectivity index is 2.71. The lowest BCUT2D eigenvalue weighted by molar-refractivity contribution is 0.146. The van der Waals surface area contributed by atoms with Gasteiger partial charge in [-0.05, 0) is 20.9 Å². The summed E-state index contributed by atoms with van der Waals surface area (Å²) in [5.41, 5.74) is 0. The third kappa shape index (κ3) is 2.21. The molecular formula is C8H16BrN3. The third-order valence-electron chi connectivity index (χ3n) is 1.86. The van der Waals surface area contributed by atoms with Crippen LogP contribution in [0.3, 0.4) is 0 Å². The van der Waals surface area contributed by atoms with E-state index in [-0.39, 0.29) is 10.7 Å². The van der Waals surface area contributed by atoms with Gasteiger partial charge in [0.25, 0.3) is 0 Å². The first-order valence-electron chi connectivity index (χ1n) is 4.10. The highest BCUT2D eigenvalue weighted by atomic mass is 79.9. The summed E-state index contributed by atoms with van der Waals surface area (Å²) in [5, 5.41) is 6.52. The van der Waals surface area contributed by atoms with Crippen LogP contribution >= 0.6 is 15.9 Å². The van der Waals surface area contributed by atoms with E-state index in [1.165, 1.54) is 0 Å². The van der Waals surface area contributed by atoms with Crippen molar-refractivity contribution in [1.82, 2.24) is 15.5 Å². The fourth-order valence-electron chi connectivity index (χ4n) is 1.26. The molecule has 70 valence electrons. The van der Waals surface area contributed by atoms with Crippen LogP contribution < -0.4 is 10.6 Å².